The third-order valence-corrected chi connectivity index (χ3v) is 6.56. The molecule has 12 heteroatoms. The maximum absolute atomic E-state index is 11.0. The second kappa shape index (κ2) is 8.52. The first-order valence-electron chi connectivity index (χ1n) is 8.82. The van der Waals surface area contributed by atoms with E-state index in [2.05, 4.69) is 52.7 Å². The van der Waals surface area contributed by atoms with Gasteiger partial charge in [0.2, 0.25) is 6.41 Å². The number of amides is 1. The molecule has 30 heavy (non-hydrogen) atoms. The molecular weight excluding hydrogens is 518 g/mol. The zero-order valence-electron chi connectivity index (χ0n) is 16.3. The third kappa shape index (κ3) is 3.70. The molecule has 4 aromatic rings. The molecule has 0 saturated carbocycles. The maximum atomic E-state index is 11.0. The molecule has 0 saturated heterocycles. The number of fused-ring (bicyclic) bond motifs is 1. The summed E-state index contributed by atoms with van der Waals surface area (Å²) in [6.45, 7) is 1.93. The zero-order valence-corrected chi connectivity index (χ0v) is 19.5. The van der Waals surface area contributed by atoms with Gasteiger partial charge in [-0.3, -0.25) is 13.8 Å². The first kappa shape index (κ1) is 20.5. The van der Waals surface area contributed by atoms with E-state index in [0.29, 0.717) is 47.0 Å². The fourth-order valence-corrected chi connectivity index (χ4v) is 5.27. The van der Waals surface area contributed by atoms with Crippen molar-refractivity contribution < 1.29 is 9.53 Å². The lowest BCUT2D eigenvalue weighted by molar-refractivity contribution is -0.105. The Labute approximate surface area is 186 Å². The van der Waals surface area contributed by atoms with E-state index in [1.165, 1.54) is 0 Å². The number of hydrogen-bond acceptors (Lipinski definition) is 7. The molecule has 3 heterocycles. The Morgan fingerprint density at radius 3 is 2.77 bits per heavy atom. The van der Waals surface area contributed by atoms with Crippen molar-refractivity contribution in [3.63, 3.8) is 0 Å². The number of anilines is 3. The summed E-state index contributed by atoms with van der Waals surface area (Å²) < 4.78 is 9.33. The number of carbonyl (C=O) groups is 1. The van der Waals surface area contributed by atoms with E-state index >= 15 is 0 Å². The normalized spacial score (nSPS) is 11.3. The van der Waals surface area contributed by atoms with Crippen LogP contribution in [0.15, 0.2) is 30.6 Å². The minimum absolute atomic E-state index is 0.423. The van der Waals surface area contributed by atoms with Crippen molar-refractivity contribution in [3.8, 4) is 17.1 Å². The highest BCUT2D eigenvalue weighted by Crippen LogP contribution is 2.39. The number of aryl methyl sites for hydroxylation is 2. The van der Waals surface area contributed by atoms with Crippen LogP contribution in [-0.2, 0) is 11.8 Å². The number of carbonyl (C=O) groups excluding carboxylic acids is 1. The van der Waals surface area contributed by atoms with E-state index in [1.54, 1.807) is 24.2 Å². The molecule has 1 aromatic carbocycles. The first-order chi connectivity index (χ1) is 14.5. The molecule has 0 aliphatic heterocycles. The van der Waals surface area contributed by atoms with E-state index < -0.39 is 0 Å². The lowest BCUT2D eigenvalue weighted by Gasteiger charge is -2.15. The first-order valence-corrected chi connectivity index (χ1v) is 12.9. The summed E-state index contributed by atoms with van der Waals surface area (Å²) in [6.07, 6.45) is 2.66. The number of ether oxygens (including phenoxy) is 1. The number of aromatic nitrogens is 6. The summed E-state index contributed by atoms with van der Waals surface area (Å²) in [6, 6.07) is 7.44. The molecule has 2 N–H and O–H groups in total. The average molecular weight is 536 g/mol. The van der Waals surface area contributed by atoms with Crippen LogP contribution in [0.3, 0.4) is 0 Å². The average Bonchev–Trinajstić information content (AvgIpc) is 3.30. The third-order valence-electron chi connectivity index (χ3n) is 4.40. The monoisotopic (exact) mass is 536 g/mol. The molecule has 154 valence electrons. The summed E-state index contributed by atoms with van der Waals surface area (Å²) in [5.41, 5.74) is 3.57. The van der Waals surface area contributed by atoms with Gasteiger partial charge in [0.05, 0.1) is 30.4 Å². The van der Waals surface area contributed by atoms with E-state index in [0.717, 1.165) is 17.1 Å². The standard InChI is InChI=1S/C18H18IN8O2P/c1-10-22-15-13(7-14(21-9-28)24-18(15)27(10)30-19)23-12-6-4-5-11(16(12)29-3)17-20-8-26(2)25-17/h4-9,30H,1-3H3,(H2,21,23,24,28). The van der Waals surface area contributed by atoms with Gasteiger partial charge >= 0.3 is 0 Å². The molecule has 0 aliphatic rings. The SMILES string of the molecule is COc1c(Nc2cc(NC=O)nc3c2nc(C)n3PI)cccc1-c1ncn(C)n1. The summed E-state index contributed by atoms with van der Waals surface area (Å²) in [4.78, 5) is 24.6. The second-order valence-corrected chi connectivity index (χ2v) is 8.39. The van der Waals surface area contributed by atoms with Gasteiger partial charge in [-0.1, -0.05) is 6.07 Å². The molecule has 1 amide bonds. The van der Waals surface area contributed by atoms with E-state index in [-0.39, 0.29) is 0 Å². The number of nitrogens with one attached hydrogen (secondary N) is 2. The number of halogens is 1. The highest BCUT2D eigenvalue weighted by Gasteiger charge is 2.18. The predicted octanol–water partition coefficient (Wildman–Crippen LogP) is 3.65. The Morgan fingerprint density at radius 2 is 2.10 bits per heavy atom. The summed E-state index contributed by atoms with van der Waals surface area (Å²) in [5, 5.41) is 10.4. The maximum Gasteiger partial charge on any atom is 0.212 e. The molecule has 4 rings (SSSR count). The Bertz CT molecular complexity index is 1240. The van der Waals surface area contributed by atoms with Gasteiger partial charge in [0.25, 0.3) is 0 Å². The summed E-state index contributed by atoms with van der Waals surface area (Å²) in [5.74, 6) is 2.44. The number of para-hydroxylation sites is 1. The van der Waals surface area contributed by atoms with Crippen molar-refractivity contribution in [2.24, 2.45) is 7.05 Å². The van der Waals surface area contributed by atoms with Gasteiger partial charge in [-0.25, -0.2) is 15.0 Å². The number of rotatable bonds is 7. The predicted molar refractivity (Wildman–Crippen MR) is 126 cm³/mol. The van der Waals surface area contributed by atoms with E-state index in [9.17, 15) is 4.79 Å². The molecule has 1 atom stereocenters. The topological polar surface area (TPSA) is 112 Å². The summed E-state index contributed by atoms with van der Waals surface area (Å²) in [7, 11) is 3.41. The molecule has 10 nitrogen and oxygen atoms in total. The molecule has 0 bridgehead atoms. The van der Waals surface area contributed by atoms with Crippen LogP contribution in [0.5, 0.6) is 5.75 Å². The molecule has 0 aliphatic carbocycles. The lowest BCUT2D eigenvalue weighted by Crippen LogP contribution is -2.02. The van der Waals surface area contributed by atoms with Crippen molar-refractivity contribution in [2.45, 2.75) is 6.92 Å². The number of benzene rings is 1. The largest absolute Gasteiger partial charge is 0.494 e. The molecular formula is C18H18IN8O2P. The summed E-state index contributed by atoms with van der Waals surface area (Å²) >= 11 is 2.28. The number of pyridine rings is 1. The van der Waals surface area contributed by atoms with Gasteiger partial charge < -0.3 is 15.4 Å². The van der Waals surface area contributed by atoms with Crippen LogP contribution in [0, 0.1) is 6.92 Å². The minimum Gasteiger partial charge on any atom is -0.494 e. The molecule has 0 radical (unpaired) electrons. The smallest absolute Gasteiger partial charge is 0.212 e. The zero-order chi connectivity index (χ0) is 21.3. The number of methoxy groups -OCH3 is 1. The fourth-order valence-electron chi connectivity index (χ4n) is 3.13. The highest BCUT2D eigenvalue weighted by atomic mass is 127. The van der Waals surface area contributed by atoms with Gasteiger partial charge in [0.1, 0.15) is 23.5 Å². The van der Waals surface area contributed by atoms with Crippen LogP contribution in [0.25, 0.3) is 22.6 Å². The van der Waals surface area contributed by atoms with Crippen LogP contribution in [0.4, 0.5) is 17.2 Å². The van der Waals surface area contributed by atoms with Gasteiger partial charge in [0.15, 0.2) is 17.2 Å². The van der Waals surface area contributed by atoms with Crippen LogP contribution in [0.1, 0.15) is 5.82 Å². The molecule has 0 fully saturated rings. The van der Waals surface area contributed by atoms with E-state index in [4.69, 9.17) is 4.74 Å². The van der Waals surface area contributed by atoms with Gasteiger partial charge in [0, 0.05) is 13.1 Å². The Kier molecular flexibility index (Phi) is 5.82. The molecule has 3 aromatic heterocycles. The van der Waals surface area contributed by atoms with Crippen molar-refractivity contribution in [2.75, 3.05) is 17.7 Å². The van der Waals surface area contributed by atoms with Gasteiger partial charge in [-0.2, -0.15) is 5.10 Å². The second-order valence-electron chi connectivity index (χ2n) is 6.32. The van der Waals surface area contributed by atoms with E-state index in [1.807, 2.05) is 36.5 Å². The quantitative estimate of drug-likeness (QED) is 0.211. The minimum atomic E-state index is 0.423. The van der Waals surface area contributed by atoms with Crippen molar-refractivity contribution in [1.82, 2.24) is 29.1 Å². The molecule has 0 spiro atoms. The number of hydrogen-bond donors (Lipinski definition) is 2. The lowest BCUT2D eigenvalue weighted by atomic mass is 10.1. The van der Waals surface area contributed by atoms with Crippen molar-refractivity contribution in [3.05, 3.63) is 36.4 Å². The van der Waals surface area contributed by atoms with Gasteiger partial charge in [-0.15, -0.1) is 0 Å². The number of nitrogens with zero attached hydrogens (tertiary/aromatic N) is 6. The van der Waals surface area contributed by atoms with Gasteiger partial charge in [-0.05, 0) is 41.1 Å². The van der Waals surface area contributed by atoms with Crippen LogP contribution < -0.4 is 15.4 Å². The van der Waals surface area contributed by atoms with Crippen molar-refractivity contribution in [1.29, 1.82) is 0 Å². The Balaban J connectivity index is 1.85. The fraction of sp³-hybridized carbons (Fsp3) is 0.167. The van der Waals surface area contributed by atoms with Crippen LogP contribution in [0.2, 0.25) is 0 Å². The van der Waals surface area contributed by atoms with Crippen LogP contribution >= 0.6 is 28.4 Å². The van der Waals surface area contributed by atoms with Crippen LogP contribution in [-0.4, -0.2) is 42.6 Å². The number of imidazole rings is 1. The Hall–Kier alpha value is -2.79. The highest BCUT2D eigenvalue weighted by molar-refractivity contribution is 14.2. The molecule has 1 unspecified atom stereocenters. The van der Waals surface area contributed by atoms with Crippen molar-refractivity contribution >= 4 is 63.2 Å². The Morgan fingerprint density at radius 1 is 1.27 bits per heavy atom.